The van der Waals surface area contributed by atoms with Gasteiger partial charge in [0.1, 0.15) is 16.9 Å². The molecule has 0 amide bonds. The van der Waals surface area contributed by atoms with Gasteiger partial charge in [-0.05, 0) is 30.7 Å². The molecular formula is C16H9F3N2O2. The molecule has 4 rings (SSSR count). The summed E-state index contributed by atoms with van der Waals surface area (Å²) in [4.78, 5) is 14.6. The Morgan fingerprint density at radius 1 is 1.13 bits per heavy atom. The molecule has 4 nitrogen and oxygen atoms in total. The van der Waals surface area contributed by atoms with Crippen molar-refractivity contribution >= 4 is 22.0 Å². The number of halogens is 3. The van der Waals surface area contributed by atoms with E-state index in [0.717, 1.165) is 4.57 Å². The average molecular weight is 318 g/mol. The Morgan fingerprint density at radius 3 is 2.65 bits per heavy atom. The second-order valence-electron chi connectivity index (χ2n) is 5.24. The molecule has 116 valence electrons. The SMILES string of the molecule is Cc1ccc(-n2c(=O)[nH]c3c4occc4c(F)c(F)c32)c(F)c1. The monoisotopic (exact) mass is 318 g/mol. The first-order valence-electron chi connectivity index (χ1n) is 6.74. The van der Waals surface area contributed by atoms with E-state index in [-0.39, 0.29) is 22.2 Å². The van der Waals surface area contributed by atoms with Crippen LogP contribution in [-0.4, -0.2) is 9.55 Å². The molecule has 0 fully saturated rings. The molecule has 2 aromatic carbocycles. The van der Waals surface area contributed by atoms with Gasteiger partial charge < -0.3 is 9.40 Å². The van der Waals surface area contributed by atoms with Crippen molar-refractivity contribution in [3.63, 3.8) is 0 Å². The summed E-state index contributed by atoms with van der Waals surface area (Å²) in [5.41, 5.74) is -0.728. The summed E-state index contributed by atoms with van der Waals surface area (Å²) >= 11 is 0. The van der Waals surface area contributed by atoms with Gasteiger partial charge in [-0.15, -0.1) is 0 Å². The van der Waals surface area contributed by atoms with Crippen molar-refractivity contribution < 1.29 is 17.6 Å². The van der Waals surface area contributed by atoms with Gasteiger partial charge in [0.2, 0.25) is 0 Å². The number of benzene rings is 2. The first kappa shape index (κ1) is 13.7. The van der Waals surface area contributed by atoms with Gasteiger partial charge >= 0.3 is 5.69 Å². The number of furan rings is 1. The van der Waals surface area contributed by atoms with E-state index >= 15 is 0 Å². The molecule has 7 heteroatoms. The number of nitrogens with one attached hydrogen (secondary N) is 1. The highest BCUT2D eigenvalue weighted by Crippen LogP contribution is 2.31. The molecule has 0 bridgehead atoms. The number of fused-ring (bicyclic) bond motifs is 3. The number of hydrogen-bond acceptors (Lipinski definition) is 2. The van der Waals surface area contributed by atoms with E-state index in [0.29, 0.717) is 5.56 Å². The van der Waals surface area contributed by atoms with Crippen LogP contribution in [0.25, 0.3) is 27.7 Å². The van der Waals surface area contributed by atoms with Gasteiger partial charge in [-0.2, -0.15) is 0 Å². The lowest BCUT2D eigenvalue weighted by atomic mass is 10.2. The molecule has 0 aliphatic rings. The number of nitrogens with zero attached hydrogens (tertiary/aromatic N) is 1. The summed E-state index contributed by atoms with van der Waals surface area (Å²) < 4.78 is 48.7. The number of aromatic amines is 1. The van der Waals surface area contributed by atoms with E-state index < -0.39 is 28.7 Å². The smallest absolute Gasteiger partial charge is 0.331 e. The molecule has 0 radical (unpaired) electrons. The normalized spacial score (nSPS) is 11.7. The van der Waals surface area contributed by atoms with Crippen molar-refractivity contribution in [3.05, 3.63) is 64.0 Å². The standard InChI is InChI=1S/C16H9F3N2O2/c1-7-2-3-10(9(17)6-7)21-14-12(19)11(18)8-4-5-23-15(8)13(14)20-16(21)22/h2-6H,1H3,(H,20,22). The Balaban J connectivity index is 2.22. The highest BCUT2D eigenvalue weighted by molar-refractivity contribution is 6.01. The van der Waals surface area contributed by atoms with Crippen LogP contribution in [0.5, 0.6) is 0 Å². The Bertz CT molecular complexity index is 1140. The van der Waals surface area contributed by atoms with Crippen molar-refractivity contribution in [2.45, 2.75) is 6.92 Å². The Hall–Kier alpha value is -2.96. The highest BCUT2D eigenvalue weighted by atomic mass is 19.2. The molecule has 0 aliphatic carbocycles. The van der Waals surface area contributed by atoms with Crippen LogP contribution in [0, 0.1) is 24.4 Å². The maximum Gasteiger partial charge on any atom is 0.331 e. The first-order chi connectivity index (χ1) is 11.0. The Morgan fingerprint density at radius 2 is 1.91 bits per heavy atom. The number of H-pyrrole nitrogens is 1. The van der Waals surface area contributed by atoms with Crippen molar-refractivity contribution in [1.29, 1.82) is 0 Å². The van der Waals surface area contributed by atoms with Gasteiger partial charge in [0.25, 0.3) is 0 Å². The third kappa shape index (κ3) is 1.76. The third-order valence-electron chi connectivity index (χ3n) is 3.77. The lowest BCUT2D eigenvalue weighted by Crippen LogP contribution is -2.16. The van der Waals surface area contributed by atoms with Crippen LogP contribution in [0.15, 0.2) is 39.7 Å². The zero-order valence-corrected chi connectivity index (χ0v) is 11.8. The van der Waals surface area contributed by atoms with Crippen LogP contribution in [0.1, 0.15) is 5.56 Å². The average Bonchev–Trinajstić information content (AvgIpc) is 3.10. The quantitative estimate of drug-likeness (QED) is 0.580. The summed E-state index contributed by atoms with van der Waals surface area (Å²) in [6.45, 7) is 1.68. The van der Waals surface area contributed by atoms with Crippen molar-refractivity contribution in [1.82, 2.24) is 9.55 Å². The minimum Gasteiger partial charge on any atom is -0.462 e. The second-order valence-corrected chi connectivity index (χ2v) is 5.24. The maximum absolute atomic E-state index is 14.5. The second kappa shape index (κ2) is 4.52. The van der Waals surface area contributed by atoms with E-state index in [1.807, 2.05) is 0 Å². The van der Waals surface area contributed by atoms with Crippen LogP contribution < -0.4 is 5.69 Å². The van der Waals surface area contributed by atoms with Gasteiger partial charge in [-0.25, -0.2) is 18.0 Å². The number of hydrogen-bond donors (Lipinski definition) is 1. The predicted molar refractivity (Wildman–Crippen MR) is 78.3 cm³/mol. The van der Waals surface area contributed by atoms with Crippen LogP contribution in [0.4, 0.5) is 13.2 Å². The lowest BCUT2D eigenvalue weighted by molar-refractivity contribution is 0.520. The fourth-order valence-electron chi connectivity index (χ4n) is 2.73. The lowest BCUT2D eigenvalue weighted by Gasteiger charge is -2.07. The Kier molecular flexibility index (Phi) is 2.69. The Labute approximate surface area is 126 Å². The molecule has 0 saturated heterocycles. The topological polar surface area (TPSA) is 50.9 Å². The summed E-state index contributed by atoms with van der Waals surface area (Å²) in [5, 5.41) is -0.0900. The molecule has 1 N–H and O–H groups in total. The largest absolute Gasteiger partial charge is 0.462 e. The van der Waals surface area contributed by atoms with E-state index in [1.165, 1.54) is 24.5 Å². The van der Waals surface area contributed by atoms with E-state index in [4.69, 9.17) is 4.42 Å². The van der Waals surface area contributed by atoms with Gasteiger partial charge in [-0.1, -0.05) is 6.07 Å². The minimum absolute atomic E-state index is 0.00210. The van der Waals surface area contributed by atoms with Crippen LogP contribution in [0.2, 0.25) is 0 Å². The molecule has 0 saturated carbocycles. The summed E-state index contributed by atoms with van der Waals surface area (Å²) in [7, 11) is 0. The van der Waals surface area contributed by atoms with Gasteiger partial charge in [0.05, 0.1) is 17.3 Å². The van der Waals surface area contributed by atoms with Gasteiger partial charge in [-0.3, -0.25) is 4.57 Å². The predicted octanol–water partition coefficient (Wildman–Crippen LogP) is 3.79. The third-order valence-corrected chi connectivity index (χ3v) is 3.77. The van der Waals surface area contributed by atoms with Crippen LogP contribution >= 0.6 is 0 Å². The summed E-state index contributed by atoms with van der Waals surface area (Å²) in [6, 6.07) is 5.38. The summed E-state index contributed by atoms with van der Waals surface area (Å²) in [5.74, 6) is -3.11. The fourth-order valence-corrected chi connectivity index (χ4v) is 2.73. The number of aromatic nitrogens is 2. The molecule has 2 aromatic heterocycles. The molecule has 0 unspecified atom stereocenters. The molecule has 0 aliphatic heterocycles. The molecular weight excluding hydrogens is 309 g/mol. The van der Waals surface area contributed by atoms with E-state index in [9.17, 15) is 18.0 Å². The molecule has 0 atom stereocenters. The number of imidazole rings is 1. The molecule has 4 aromatic rings. The van der Waals surface area contributed by atoms with Crippen molar-refractivity contribution in [2.24, 2.45) is 0 Å². The highest BCUT2D eigenvalue weighted by Gasteiger charge is 2.24. The van der Waals surface area contributed by atoms with Gasteiger partial charge in [0.15, 0.2) is 17.2 Å². The minimum atomic E-state index is -1.24. The molecule has 2 heterocycles. The molecule has 0 spiro atoms. The number of aryl methyl sites for hydroxylation is 1. The van der Waals surface area contributed by atoms with E-state index in [2.05, 4.69) is 4.98 Å². The zero-order valence-electron chi connectivity index (χ0n) is 11.8. The fraction of sp³-hybridized carbons (Fsp3) is 0.0625. The summed E-state index contributed by atoms with van der Waals surface area (Å²) in [6.07, 6.45) is 1.19. The van der Waals surface area contributed by atoms with Crippen LogP contribution in [-0.2, 0) is 0 Å². The van der Waals surface area contributed by atoms with Crippen molar-refractivity contribution in [2.75, 3.05) is 0 Å². The van der Waals surface area contributed by atoms with Crippen molar-refractivity contribution in [3.8, 4) is 5.69 Å². The van der Waals surface area contributed by atoms with Crippen LogP contribution in [0.3, 0.4) is 0 Å². The maximum atomic E-state index is 14.5. The van der Waals surface area contributed by atoms with E-state index in [1.54, 1.807) is 13.0 Å². The molecule has 23 heavy (non-hydrogen) atoms. The number of rotatable bonds is 1. The van der Waals surface area contributed by atoms with Gasteiger partial charge in [0, 0.05) is 0 Å². The zero-order chi connectivity index (χ0) is 16.3. The first-order valence-corrected chi connectivity index (χ1v) is 6.74.